The highest BCUT2D eigenvalue weighted by atomic mass is 32.2. The minimum atomic E-state index is -1.36. The molecule has 0 bridgehead atoms. The van der Waals surface area contributed by atoms with E-state index < -0.39 is 16.3 Å². The fourth-order valence-corrected chi connectivity index (χ4v) is 4.49. The van der Waals surface area contributed by atoms with Gasteiger partial charge in [-0.25, -0.2) is 4.21 Å². The van der Waals surface area contributed by atoms with Gasteiger partial charge < -0.3 is 0 Å². The lowest BCUT2D eigenvalue weighted by molar-refractivity contribution is 0.404. The smallest absolute Gasteiger partial charge is 0.133 e. The van der Waals surface area contributed by atoms with Crippen molar-refractivity contribution in [1.29, 1.82) is 5.26 Å². The zero-order valence-electron chi connectivity index (χ0n) is 16.2. The van der Waals surface area contributed by atoms with E-state index in [9.17, 15) is 9.47 Å². The van der Waals surface area contributed by atoms with Crippen LogP contribution in [0.2, 0.25) is 0 Å². The monoisotopic (exact) mass is 388 g/mol. The van der Waals surface area contributed by atoms with Gasteiger partial charge >= 0.3 is 0 Å². The molecule has 0 saturated heterocycles. The Labute approximate surface area is 169 Å². The zero-order chi connectivity index (χ0) is 20.0. The number of rotatable bonds is 7. The summed E-state index contributed by atoms with van der Waals surface area (Å²) in [5.41, 5.74) is 2.09. The third kappa shape index (κ3) is 4.22. The molecule has 4 heteroatoms. The fraction of sp³-hybridized carbons (Fsp3) is 0.208. The van der Waals surface area contributed by atoms with Crippen molar-refractivity contribution in [2.75, 3.05) is 0 Å². The molecule has 142 valence electrons. The van der Waals surface area contributed by atoms with Gasteiger partial charge in [0.1, 0.15) is 5.54 Å². The number of nitrogens with zero attached hydrogens (tertiary/aromatic N) is 1. The van der Waals surface area contributed by atoms with Crippen LogP contribution in [0.5, 0.6) is 0 Å². The van der Waals surface area contributed by atoms with Gasteiger partial charge in [0.25, 0.3) is 0 Å². The summed E-state index contributed by atoms with van der Waals surface area (Å²) >= 11 is 0. The van der Waals surface area contributed by atoms with Crippen molar-refractivity contribution in [3.05, 3.63) is 95.6 Å². The highest BCUT2D eigenvalue weighted by molar-refractivity contribution is 7.85. The second kappa shape index (κ2) is 8.97. The Bertz CT molecular complexity index is 993. The number of hydrogen-bond acceptors (Lipinski definition) is 3. The molecular formula is C24H24N2OS. The Morgan fingerprint density at radius 3 is 2.25 bits per heavy atom. The van der Waals surface area contributed by atoms with E-state index in [2.05, 4.69) is 11.4 Å². The topological polar surface area (TPSA) is 52.9 Å². The van der Waals surface area contributed by atoms with Gasteiger partial charge in [-0.3, -0.25) is 5.32 Å². The maximum absolute atomic E-state index is 13.3. The minimum absolute atomic E-state index is 0.563. The molecule has 0 aliphatic rings. The SMILES string of the molecule is CC[C@](C#N)(NCc1ccccc1)c1ccccc1[S@@](=O)c1ccc(C)cc1. The third-order valence-corrected chi connectivity index (χ3v) is 6.40. The van der Waals surface area contributed by atoms with Crippen LogP contribution in [0, 0.1) is 18.3 Å². The van der Waals surface area contributed by atoms with Gasteiger partial charge in [-0.05, 0) is 37.1 Å². The minimum Gasteiger partial charge on any atom is -0.292 e. The normalized spacial score (nSPS) is 14.0. The first-order valence-electron chi connectivity index (χ1n) is 9.38. The first-order chi connectivity index (χ1) is 13.6. The highest BCUT2D eigenvalue weighted by Gasteiger charge is 2.33. The molecule has 0 radical (unpaired) electrons. The Kier molecular flexibility index (Phi) is 6.41. The van der Waals surface area contributed by atoms with Crippen molar-refractivity contribution >= 4 is 10.8 Å². The van der Waals surface area contributed by atoms with Crippen molar-refractivity contribution in [2.24, 2.45) is 0 Å². The lowest BCUT2D eigenvalue weighted by atomic mass is 9.88. The molecule has 1 N–H and O–H groups in total. The molecule has 3 aromatic carbocycles. The average molecular weight is 389 g/mol. The standard InChI is InChI=1S/C24H24N2OS/c1-3-24(18-25,26-17-20-9-5-4-6-10-20)22-11-7-8-12-23(22)28(27)21-15-13-19(2)14-16-21/h4-16,26H,3,17H2,1-2H3/t24-,28+/m1/s1. The summed E-state index contributed by atoms with van der Waals surface area (Å²) in [7, 11) is -1.36. The van der Waals surface area contributed by atoms with Crippen LogP contribution in [0.4, 0.5) is 0 Å². The first-order valence-corrected chi connectivity index (χ1v) is 10.5. The summed E-state index contributed by atoms with van der Waals surface area (Å²) in [4.78, 5) is 1.42. The molecular weight excluding hydrogens is 364 g/mol. The van der Waals surface area contributed by atoms with Crippen molar-refractivity contribution in [1.82, 2.24) is 5.32 Å². The number of nitrogens with one attached hydrogen (secondary N) is 1. The summed E-state index contributed by atoms with van der Waals surface area (Å²) in [6.07, 6.45) is 0.568. The molecule has 28 heavy (non-hydrogen) atoms. The first kappa shape index (κ1) is 20.0. The number of benzene rings is 3. The summed E-state index contributed by atoms with van der Waals surface area (Å²) in [6.45, 7) is 4.55. The molecule has 0 aromatic heterocycles. The van der Waals surface area contributed by atoms with E-state index in [1.807, 2.05) is 92.7 Å². The van der Waals surface area contributed by atoms with Gasteiger partial charge in [0, 0.05) is 21.9 Å². The van der Waals surface area contributed by atoms with Crippen LogP contribution in [-0.4, -0.2) is 4.21 Å². The van der Waals surface area contributed by atoms with Gasteiger partial charge in [0.2, 0.25) is 0 Å². The van der Waals surface area contributed by atoms with Gasteiger partial charge in [-0.15, -0.1) is 0 Å². The van der Waals surface area contributed by atoms with Gasteiger partial charge in [0.15, 0.2) is 0 Å². The Balaban J connectivity index is 1.99. The second-order valence-electron chi connectivity index (χ2n) is 6.79. The zero-order valence-corrected chi connectivity index (χ0v) is 17.0. The maximum Gasteiger partial charge on any atom is 0.133 e. The van der Waals surface area contributed by atoms with Crippen molar-refractivity contribution in [3.63, 3.8) is 0 Å². The Morgan fingerprint density at radius 2 is 1.61 bits per heavy atom. The molecule has 0 spiro atoms. The predicted molar refractivity (Wildman–Crippen MR) is 113 cm³/mol. The van der Waals surface area contributed by atoms with Crippen LogP contribution < -0.4 is 5.32 Å². The summed E-state index contributed by atoms with van der Waals surface area (Å²) < 4.78 is 13.3. The van der Waals surface area contributed by atoms with Crippen LogP contribution in [0.3, 0.4) is 0 Å². The second-order valence-corrected chi connectivity index (χ2v) is 8.24. The van der Waals surface area contributed by atoms with E-state index in [-0.39, 0.29) is 0 Å². The third-order valence-electron chi connectivity index (χ3n) is 4.94. The van der Waals surface area contributed by atoms with Gasteiger partial charge in [-0.2, -0.15) is 5.26 Å². The van der Waals surface area contributed by atoms with Crippen LogP contribution in [0.25, 0.3) is 0 Å². The number of aryl methyl sites for hydroxylation is 1. The van der Waals surface area contributed by atoms with E-state index in [0.29, 0.717) is 17.9 Å². The van der Waals surface area contributed by atoms with Crippen LogP contribution >= 0.6 is 0 Å². The molecule has 0 heterocycles. The lowest BCUT2D eigenvalue weighted by Crippen LogP contribution is -2.41. The molecule has 0 amide bonds. The van der Waals surface area contributed by atoms with Crippen LogP contribution in [-0.2, 0) is 22.9 Å². The van der Waals surface area contributed by atoms with Crippen LogP contribution in [0.15, 0.2) is 88.7 Å². The van der Waals surface area contributed by atoms with Crippen molar-refractivity contribution < 1.29 is 4.21 Å². The molecule has 0 unspecified atom stereocenters. The maximum atomic E-state index is 13.3. The summed E-state index contributed by atoms with van der Waals surface area (Å²) in [6, 6.07) is 27.7. The molecule has 2 atom stereocenters. The average Bonchev–Trinajstić information content (AvgIpc) is 2.76. The predicted octanol–water partition coefficient (Wildman–Crippen LogP) is 5.08. The van der Waals surface area contributed by atoms with Gasteiger partial charge in [0.05, 0.1) is 16.9 Å². The number of nitriles is 1. The molecule has 0 saturated carbocycles. The number of hydrogen-bond donors (Lipinski definition) is 1. The highest BCUT2D eigenvalue weighted by Crippen LogP contribution is 2.32. The Hall–Kier alpha value is -2.74. The summed E-state index contributed by atoms with van der Waals surface area (Å²) in [5, 5.41) is 13.5. The Morgan fingerprint density at radius 1 is 0.964 bits per heavy atom. The summed E-state index contributed by atoms with van der Waals surface area (Å²) in [5.74, 6) is 0. The van der Waals surface area contributed by atoms with E-state index in [4.69, 9.17) is 0 Å². The molecule has 3 nitrogen and oxygen atoms in total. The van der Waals surface area contributed by atoms with Crippen molar-refractivity contribution in [3.8, 4) is 6.07 Å². The van der Waals surface area contributed by atoms with E-state index in [1.54, 1.807) is 0 Å². The van der Waals surface area contributed by atoms with E-state index in [0.717, 1.165) is 21.6 Å². The lowest BCUT2D eigenvalue weighted by Gasteiger charge is -2.29. The van der Waals surface area contributed by atoms with E-state index >= 15 is 0 Å². The molecule has 0 aliphatic carbocycles. The fourth-order valence-electron chi connectivity index (χ4n) is 3.21. The molecule has 0 fully saturated rings. The molecule has 3 rings (SSSR count). The van der Waals surface area contributed by atoms with Crippen molar-refractivity contribution in [2.45, 2.75) is 42.1 Å². The quantitative estimate of drug-likeness (QED) is 0.614. The van der Waals surface area contributed by atoms with Crippen LogP contribution in [0.1, 0.15) is 30.0 Å². The molecule has 0 aliphatic heterocycles. The largest absolute Gasteiger partial charge is 0.292 e. The van der Waals surface area contributed by atoms with Gasteiger partial charge in [-0.1, -0.05) is 73.2 Å². The molecule has 3 aromatic rings. The van der Waals surface area contributed by atoms with E-state index in [1.165, 1.54) is 0 Å².